The van der Waals surface area contributed by atoms with E-state index in [1.54, 1.807) is 18.2 Å². The molecule has 1 aromatic carbocycles. The Morgan fingerprint density at radius 2 is 2.00 bits per heavy atom. The fourth-order valence-corrected chi connectivity index (χ4v) is 2.41. The Kier molecular flexibility index (Phi) is 4.92. The first-order valence-electron chi connectivity index (χ1n) is 5.44. The van der Waals surface area contributed by atoms with Gasteiger partial charge in [-0.15, -0.1) is 0 Å². The highest BCUT2D eigenvalue weighted by atomic mass is 32.2. The number of rotatable bonds is 6. The highest BCUT2D eigenvalue weighted by Gasteiger charge is 2.15. The van der Waals surface area contributed by atoms with Gasteiger partial charge in [0.1, 0.15) is 4.90 Å². The van der Waals surface area contributed by atoms with Crippen molar-refractivity contribution in [3.63, 3.8) is 0 Å². The van der Waals surface area contributed by atoms with Crippen LogP contribution in [0.25, 0.3) is 0 Å². The van der Waals surface area contributed by atoms with Crippen LogP contribution in [0.5, 0.6) is 0 Å². The van der Waals surface area contributed by atoms with Crippen molar-refractivity contribution in [2.45, 2.75) is 11.3 Å². The van der Waals surface area contributed by atoms with Crippen LogP contribution < -0.4 is 15.4 Å². The summed E-state index contributed by atoms with van der Waals surface area (Å²) >= 11 is 0. The van der Waals surface area contributed by atoms with Gasteiger partial charge in [-0.2, -0.15) is 0 Å². The lowest BCUT2D eigenvalue weighted by molar-refractivity contribution is 0.597. The lowest BCUT2D eigenvalue weighted by atomic mass is 10.3. The third kappa shape index (κ3) is 3.99. The van der Waals surface area contributed by atoms with Gasteiger partial charge in [0, 0.05) is 13.6 Å². The number of anilines is 1. The van der Waals surface area contributed by atoms with Crippen LogP contribution in [-0.4, -0.2) is 35.6 Å². The van der Waals surface area contributed by atoms with Gasteiger partial charge in [0.15, 0.2) is 0 Å². The summed E-state index contributed by atoms with van der Waals surface area (Å²) in [4.78, 5) is 2.07. The number of nitrogens with one attached hydrogen (secondary N) is 1. The minimum absolute atomic E-state index is 0.173. The quantitative estimate of drug-likeness (QED) is 0.722. The van der Waals surface area contributed by atoms with Crippen molar-refractivity contribution in [1.29, 1.82) is 0 Å². The van der Waals surface area contributed by atoms with E-state index in [1.807, 2.05) is 19.0 Å². The molecule has 0 radical (unpaired) electrons. The van der Waals surface area contributed by atoms with E-state index in [-0.39, 0.29) is 4.90 Å². The Morgan fingerprint density at radius 1 is 1.35 bits per heavy atom. The molecule has 0 saturated heterocycles. The van der Waals surface area contributed by atoms with Crippen LogP contribution in [-0.2, 0) is 10.0 Å². The van der Waals surface area contributed by atoms with Crippen LogP contribution in [0.15, 0.2) is 29.2 Å². The first-order chi connectivity index (χ1) is 7.96. The molecule has 0 aliphatic heterocycles. The summed E-state index contributed by atoms with van der Waals surface area (Å²) in [5.74, 6) is 0. The van der Waals surface area contributed by atoms with Gasteiger partial charge in [-0.25, -0.2) is 13.6 Å². The Bertz CT molecular complexity index is 460. The number of sulfonamides is 1. The second kappa shape index (κ2) is 6.00. The predicted molar refractivity (Wildman–Crippen MR) is 69.6 cm³/mol. The average molecular weight is 257 g/mol. The molecule has 0 aliphatic rings. The van der Waals surface area contributed by atoms with E-state index < -0.39 is 10.0 Å². The summed E-state index contributed by atoms with van der Waals surface area (Å²) in [6.45, 7) is 1.66. The summed E-state index contributed by atoms with van der Waals surface area (Å²) in [6.07, 6.45) is 0.936. The monoisotopic (exact) mass is 257 g/mol. The third-order valence-corrected chi connectivity index (χ3v) is 3.46. The maximum atomic E-state index is 11.4. The smallest absolute Gasteiger partial charge is 0.240 e. The number of nitrogens with two attached hydrogens (primary N) is 1. The van der Waals surface area contributed by atoms with E-state index in [2.05, 4.69) is 5.32 Å². The van der Waals surface area contributed by atoms with Crippen LogP contribution in [0.3, 0.4) is 0 Å². The largest absolute Gasteiger partial charge is 0.373 e. The molecule has 0 bridgehead atoms. The van der Waals surface area contributed by atoms with Crippen LogP contribution in [0.1, 0.15) is 6.42 Å². The fraction of sp³-hybridized carbons (Fsp3) is 0.455. The molecule has 0 amide bonds. The second-order valence-electron chi connectivity index (χ2n) is 3.89. The molecule has 0 saturated carbocycles. The normalized spacial score (nSPS) is 11.5. The molecular weight excluding hydrogens is 238 g/mol. The zero-order valence-electron chi connectivity index (χ0n) is 10.2. The molecule has 0 aliphatic carbocycles. The number of hydrogen-bond donors (Lipinski definition) is 2. The lowest BCUT2D eigenvalue weighted by Gasteiger charge is -2.21. The predicted octanol–water partition coefficient (Wildman–Crippen LogP) is 0.380. The van der Waals surface area contributed by atoms with Gasteiger partial charge in [0.05, 0.1) is 5.69 Å². The van der Waals surface area contributed by atoms with E-state index in [9.17, 15) is 8.42 Å². The molecule has 0 fully saturated rings. The number of nitrogens with zero attached hydrogens (tertiary/aromatic N) is 1. The summed E-state index contributed by atoms with van der Waals surface area (Å²) in [6, 6.07) is 6.77. The zero-order valence-corrected chi connectivity index (χ0v) is 11.0. The number of primary sulfonamides is 1. The van der Waals surface area contributed by atoms with E-state index >= 15 is 0 Å². The first-order valence-corrected chi connectivity index (χ1v) is 6.99. The van der Waals surface area contributed by atoms with E-state index in [0.29, 0.717) is 5.69 Å². The summed E-state index contributed by atoms with van der Waals surface area (Å²) in [7, 11) is 0.0816. The van der Waals surface area contributed by atoms with E-state index in [4.69, 9.17) is 5.14 Å². The molecule has 0 heterocycles. The van der Waals surface area contributed by atoms with Crippen molar-refractivity contribution < 1.29 is 8.42 Å². The molecule has 3 N–H and O–H groups in total. The fourth-order valence-electron chi connectivity index (χ4n) is 1.63. The maximum Gasteiger partial charge on any atom is 0.240 e. The molecule has 0 unspecified atom stereocenters. The number of para-hydroxylation sites is 1. The minimum atomic E-state index is -3.67. The van der Waals surface area contributed by atoms with Gasteiger partial charge in [-0.1, -0.05) is 12.1 Å². The van der Waals surface area contributed by atoms with Crippen LogP contribution in [0.4, 0.5) is 5.69 Å². The Labute approximate surface area is 103 Å². The van der Waals surface area contributed by atoms with Crippen molar-refractivity contribution in [2.24, 2.45) is 5.14 Å². The van der Waals surface area contributed by atoms with Crippen molar-refractivity contribution in [2.75, 3.05) is 32.1 Å². The first kappa shape index (κ1) is 14.0. The highest BCUT2D eigenvalue weighted by molar-refractivity contribution is 7.89. The summed E-state index contributed by atoms with van der Waals surface area (Å²) < 4.78 is 22.9. The lowest BCUT2D eigenvalue weighted by Crippen LogP contribution is -2.25. The maximum absolute atomic E-state index is 11.4. The SMILES string of the molecule is CNCCCN(C)c1ccccc1S(N)(=O)=O. The number of benzene rings is 1. The van der Waals surface area contributed by atoms with Crippen molar-refractivity contribution in [3.05, 3.63) is 24.3 Å². The topological polar surface area (TPSA) is 75.4 Å². The number of hydrogen-bond acceptors (Lipinski definition) is 4. The average Bonchev–Trinajstić information content (AvgIpc) is 2.28. The van der Waals surface area contributed by atoms with Crippen molar-refractivity contribution >= 4 is 15.7 Å². The van der Waals surface area contributed by atoms with Crippen LogP contribution in [0, 0.1) is 0 Å². The second-order valence-corrected chi connectivity index (χ2v) is 5.42. The van der Waals surface area contributed by atoms with E-state index in [1.165, 1.54) is 6.07 Å². The summed E-state index contributed by atoms with van der Waals surface area (Å²) in [5, 5.41) is 8.23. The molecule has 17 heavy (non-hydrogen) atoms. The van der Waals surface area contributed by atoms with Crippen molar-refractivity contribution in [1.82, 2.24) is 5.32 Å². The Balaban J connectivity index is 2.90. The minimum Gasteiger partial charge on any atom is -0.373 e. The van der Waals surface area contributed by atoms with Gasteiger partial charge < -0.3 is 10.2 Å². The Hall–Kier alpha value is -1.11. The molecule has 0 spiro atoms. The van der Waals surface area contributed by atoms with Crippen molar-refractivity contribution in [3.8, 4) is 0 Å². The molecule has 6 heteroatoms. The van der Waals surface area contributed by atoms with Gasteiger partial charge in [0.25, 0.3) is 0 Å². The molecule has 1 rings (SSSR count). The van der Waals surface area contributed by atoms with Crippen LogP contribution >= 0.6 is 0 Å². The third-order valence-electron chi connectivity index (χ3n) is 2.50. The molecular formula is C11H19N3O2S. The van der Waals surface area contributed by atoms with Crippen LogP contribution in [0.2, 0.25) is 0 Å². The molecule has 5 nitrogen and oxygen atoms in total. The zero-order chi connectivity index (χ0) is 12.9. The molecule has 1 aromatic rings. The van der Waals surface area contributed by atoms with Gasteiger partial charge in [-0.3, -0.25) is 0 Å². The van der Waals surface area contributed by atoms with Gasteiger partial charge in [-0.05, 0) is 32.1 Å². The summed E-state index contributed by atoms with van der Waals surface area (Å²) in [5.41, 5.74) is 0.645. The van der Waals surface area contributed by atoms with Gasteiger partial charge >= 0.3 is 0 Å². The molecule has 0 aromatic heterocycles. The highest BCUT2D eigenvalue weighted by Crippen LogP contribution is 2.22. The van der Waals surface area contributed by atoms with Gasteiger partial charge in [0.2, 0.25) is 10.0 Å². The molecule has 96 valence electrons. The Morgan fingerprint density at radius 3 is 2.59 bits per heavy atom. The standard InChI is InChI=1S/C11H19N3O2S/c1-13-8-5-9-14(2)10-6-3-4-7-11(10)17(12,15)16/h3-4,6-7,13H,5,8-9H2,1-2H3,(H2,12,15,16). The molecule has 0 atom stereocenters. The van der Waals surface area contributed by atoms with E-state index in [0.717, 1.165) is 19.5 Å².